The minimum absolute atomic E-state index is 0.208. The van der Waals surface area contributed by atoms with Crippen LogP contribution in [-0.2, 0) is 6.42 Å². The van der Waals surface area contributed by atoms with E-state index in [1.807, 2.05) is 23.1 Å². The van der Waals surface area contributed by atoms with Crippen molar-refractivity contribution in [3.63, 3.8) is 0 Å². The Bertz CT molecular complexity index is 1390. The number of aromatic nitrogens is 7. The molecule has 11 heteroatoms. The van der Waals surface area contributed by atoms with Crippen molar-refractivity contribution in [2.24, 2.45) is 0 Å². The van der Waals surface area contributed by atoms with Gasteiger partial charge in [0, 0.05) is 18.7 Å². The largest absolute Gasteiger partial charge is 0.402 e. The number of hydrogen-bond acceptors (Lipinski definition) is 7. The number of imidazole rings is 1. The average Bonchev–Trinajstić information content (AvgIpc) is 3.52. The van der Waals surface area contributed by atoms with Crippen molar-refractivity contribution in [3.05, 3.63) is 77.0 Å². The summed E-state index contributed by atoms with van der Waals surface area (Å²) >= 11 is 6.31. The maximum Gasteiger partial charge on any atom is 0.319 e. The van der Waals surface area contributed by atoms with Crippen molar-refractivity contribution in [2.45, 2.75) is 12.5 Å². The van der Waals surface area contributed by atoms with Gasteiger partial charge in [-0.25, -0.2) is 18.9 Å². The third-order valence-corrected chi connectivity index (χ3v) is 5.56. The summed E-state index contributed by atoms with van der Waals surface area (Å²) in [6, 6.07) is 10.3. The third kappa shape index (κ3) is 2.95. The number of anilines is 1. The van der Waals surface area contributed by atoms with E-state index in [1.165, 1.54) is 12.1 Å². The van der Waals surface area contributed by atoms with Crippen LogP contribution in [0.4, 0.5) is 10.4 Å². The summed E-state index contributed by atoms with van der Waals surface area (Å²) in [5.41, 5.74) is 3.89. The number of pyridine rings is 2. The molecule has 0 unspecified atom stereocenters. The Hall–Kier alpha value is -3.79. The molecule has 0 aliphatic carbocycles. The molecule has 1 aliphatic rings. The van der Waals surface area contributed by atoms with Gasteiger partial charge in [0.05, 0.1) is 29.4 Å². The summed E-state index contributed by atoms with van der Waals surface area (Å²) in [5, 5.41) is 13.5. The van der Waals surface area contributed by atoms with Gasteiger partial charge in [-0.2, -0.15) is 5.10 Å². The first-order valence-corrected chi connectivity index (χ1v) is 9.93. The van der Waals surface area contributed by atoms with E-state index in [0.717, 1.165) is 35.2 Å². The van der Waals surface area contributed by atoms with Crippen LogP contribution in [0.5, 0.6) is 0 Å². The standard InChI is InChI=1S/C20H14ClFN8O/c21-16-3-1-2-12-8-15(28-30(12)16)18-17-13(24-10-25-17)6-7-29(18)20-27-26-19(31-20)14-5-4-11(22)9-23-14/h1-5,8-10,18H,6-7H2,(H,24,25)/t18-/m0/s1. The lowest BCUT2D eigenvalue weighted by Gasteiger charge is -2.32. The van der Waals surface area contributed by atoms with Crippen LogP contribution in [0.3, 0.4) is 0 Å². The van der Waals surface area contributed by atoms with Crippen LogP contribution in [0.2, 0.25) is 5.15 Å². The first-order chi connectivity index (χ1) is 15.2. The highest BCUT2D eigenvalue weighted by Crippen LogP contribution is 2.37. The molecule has 0 fully saturated rings. The van der Waals surface area contributed by atoms with E-state index >= 15 is 0 Å². The Kier molecular flexibility index (Phi) is 4.00. The highest BCUT2D eigenvalue weighted by Gasteiger charge is 2.36. The fraction of sp³-hybridized carbons (Fsp3) is 0.150. The smallest absolute Gasteiger partial charge is 0.319 e. The molecule has 0 saturated heterocycles. The van der Waals surface area contributed by atoms with Gasteiger partial charge < -0.3 is 14.3 Å². The minimum Gasteiger partial charge on any atom is -0.402 e. The Morgan fingerprint density at radius 2 is 2.10 bits per heavy atom. The zero-order valence-corrected chi connectivity index (χ0v) is 16.7. The van der Waals surface area contributed by atoms with E-state index in [2.05, 4.69) is 25.1 Å². The molecule has 6 rings (SSSR count). The molecular formula is C20H14ClFN8O. The molecule has 0 aromatic carbocycles. The molecule has 0 spiro atoms. The van der Waals surface area contributed by atoms with Crippen LogP contribution in [0.1, 0.15) is 23.1 Å². The molecule has 1 N–H and O–H groups in total. The number of aromatic amines is 1. The van der Waals surface area contributed by atoms with Gasteiger partial charge >= 0.3 is 6.01 Å². The number of nitrogens with one attached hydrogen (secondary N) is 1. The van der Waals surface area contributed by atoms with Gasteiger partial charge in [-0.1, -0.05) is 22.8 Å². The van der Waals surface area contributed by atoms with Crippen molar-refractivity contribution in [1.29, 1.82) is 0 Å². The van der Waals surface area contributed by atoms with Crippen molar-refractivity contribution in [2.75, 3.05) is 11.4 Å². The molecule has 0 bridgehead atoms. The Balaban J connectivity index is 1.44. The number of nitrogens with zero attached hydrogens (tertiary/aromatic N) is 7. The lowest BCUT2D eigenvalue weighted by molar-refractivity contribution is 0.502. The number of fused-ring (bicyclic) bond motifs is 2. The van der Waals surface area contributed by atoms with Crippen LogP contribution < -0.4 is 4.90 Å². The SMILES string of the molecule is Fc1ccc(-c2nnc(N3CCc4[nH]cnc4[C@@H]3c3cc4cccc(Cl)n4n3)o2)nc1. The molecule has 6 heterocycles. The van der Waals surface area contributed by atoms with Crippen LogP contribution in [0.15, 0.2) is 53.3 Å². The topological polar surface area (TPSA) is 101 Å². The summed E-state index contributed by atoms with van der Waals surface area (Å²) in [4.78, 5) is 13.7. The molecule has 0 saturated carbocycles. The second-order valence-electron chi connectivity index (χ2n) is 7.12. The van der Waals surface area contributed by atoms with E-state index in [-0.39, 0.29) is 11.9 Å². The highest BCUT2D eigenvalue weighted by atomic mass is 35.5. The molecule has 9 nitrogen and oxygen atoms in total. The third-order valence-electron chi connectivity index (χ3n) is 5.27. The van der Waals surface area contributed by atoms with E-state index in [4.69, 9.17) is 21.1 Å². The van der Waals surface area contributed by atoms with E-state index in [1.54, 1.807) is 16.9 Å². The van der Waals surface area contributed by atoms with Gasteiger partial charge in [-0.05, 0) is 30.3 Å². The Labute approximate surface area is 179 Å². The lowest BCUT2D eigenvalue weighted by atomic mass is 10.0. The van der Waals surface area contributed by atoms with Gasteiger partial charge in [0.25, 0.3) is 5.89 Å². The number of halogens is 2. The van der Waals surface area contributed by atoms with Gasteiger partial charge in [-0.3, -0.25) is 0 Å². The maximum absolute atomic E-state index is 13.2. The number of rotatable bonds is 3. The van der Waals surface area contributed by atoms with Crippen LogP contribution in [-0.4, -0.2) is 41.3 Å². The normalized spacial score (nSPS) is 16.1. The maximum atomic E-state index is 13.2. The molecule has 31 heavy (non-hydrogen) atoms. The molecule has 154 valence electrons. The fourth-order valence-electron chi connectivity index (χ4n) is 3.85. The lowest BCUT2D eigenvalue weighted by Crippen LogP contribution is -2.36. The van der Waals surface area contributed by atoms with Crippen molar-refractivity contribution in [1.82, 2.24) is 34.8 Å². The monoisotopic (exact) mass is 436 g/mol. The Morgan fingerprint density at radius 1 is 1.16 bits per heavy atom. The van der Waals surface area contributed by atoms with E-state index < -0.39 is 5.82 Å². The molecule has 0 radical (unpaired) electrons. The van der Waals surface area contributed by atoms with Crippen LogP contribution in [0.25, 0.3) is 17.1 Å². The minimum atomic E-state index is -0.434. The molecule has 1 aliphatic heterocycles. The first-order valence-electron chi connectivity index (χ1n) is 9.56. The van der Waals surface area contributed by atoms with E-state index in [0.29, 0.717) is 23.4 Å². The van der Waals surface area contributed by atoms with Crippen LogP contribution in [0, 0.1) is 5.82 Å². The summed E-state index contributed by atoms with van der Waals surface area (Å²) in [7, 11) is 0. The van der Waals surface area contributed by atoms with Gasteiger partial charge in [0.15, 0.2) is 0 Å². The van der Waals surface area contributed by atoms with Crippen molar-refractivity contribution in [3.8, 4) is 11.6 Å². The second-order valence-corrected chi connectivity index (χ2v) is 7.51. The number of H-pyrrole nitrogens is 1. The average molecular weight is 437 g/mol. The van der Waals surface area contributed by atoms with Crippen molar-refractivity contribution < 1.29 is 8.81 Å². The van der Waals surface area contributed by atoms with E-state index in [9.17, 15) is 4.39 Å². The quantitative estimate of drug-likeness (QED) is 0.432. The summed E-state index contributed by atoms with van der Waals surface area (Å²) in [5.74, 6) is -0.226. The zero-order chi connectivity index (χ0) is 20.9. The van der Waals surface area contributed by atoms with Gasteiger partial charge in [-0.15, -0.1) is 5.10 Å². The zero-order valence-electron chi connectivity index (χ0n) is 15.9. The summed E-state index contributed by atoms with van der Waals surface area (Å²) in [6.07, 6.45) is 3.51. The van der Waals surface area contributed by atoms with Gasteiger partial charge in [0.2, 0.25) is 0 Å². The summed E-state index contributed by atoms with van der Waals surface area (Å²) < 4.78 is 20.8. The predicted molar refractivity (Wildman–Crippen MR) is 109 cm³/mol. The predicted octanol–water partition coefficient (Wildman–Crippen LogP) is 3.45. The molecular weight excluding hydrogens is 423 g/mol. The molecule has 1 atom stereocenters. The van der Waals surface area contributed by atoms with Crippen LogP contribution >= 0.6 is 11.6 Å². The molecule has 5 aromatic rings. The molecule has 0 amide bonds. The van der Waals surface area contributed by atoms with Crippen molar-refractivity contribution >= 4 is 23.1 Å². The summed E-state index contributed by atoms with van der Waals surface area (Å²) in [6.45, 7) is 0.611. The Morgan fingerprint density at radius 3 is 2.94 bits per heavy atom. The second kappa shape index (κ2) is 6.88. The van der Waals surface area contributed by atoms with Gasteiger partial charge in [0.1, 0.15) is 22.7 Å². The molecule has 5 aromatic heterocycles. The fourth-order valence-corrected chi connectivity index (χ4v) is 4.06. The number of hydrogen-bond donors (Lipinski definition) is 1. The highest BCUT2D eigenvalue weighted by molar-refractivity contribution is 6.29. The first kappa shape index (κ1) is 18.0.